The lowest BCUT2D eigenvalue weighted by molar-refractivity contribution is -0.161. The summed E-state index contributed by atoms with van der Waals surface area (Å²) >= 11 is 3.43. The second-order valence-corrected chi connectivity index (χ2v) is 6.93. The fourth-order valence-electron chi connectivity index (χ4n) is 2.38. The Morgan fingerprint density at radius 1 is 1.32 bits per heavy atom. The molecule has 1 saturated heterocycles. The predicted molar refractivity (Wildman–Crippen MR) is 79.2 cm³/mol. The van der Waals surface area contributed by atoms with Crippen molar-refractivity contribution in [2.75, 3.05) is 13.1 Å². The van der Waals surface area contributed by atoms with Crippen LogP contribution in [0.5, 0.6) is 0 Å². The number of esters is 1. The van der Waals surface area contributed by atoms with Crippen LogP contribution in [0.25, 0.3) is 0 Å². The van der Waals surface area contributed by atoms with E-state index < -0.39 is 11.0 Å². The van der Waals surface area contributed by atoms with E-state index in [1.807, 2.05) is 45.0 Å². The zero-order valence-electron chi connectivity index (χ0n) is 11.6. The molecule has 1 heterocycles. The Morgan fingerprint density at radius 2 is 1.95 bits per heavy atom. The molecular formula is C15H20BrNO2. The van der Waals surface area contributed by atoms with Crippen molar-refractivity contribution in [2.24, 2.45) is 0 Å². The minimum absolute atomic E-state index is 0.132. The number of ether oxygens (including phenoxy) is 1. The highest BCUT2D eigenvalue weighted by molar-refractivity contribution is 9.10. The van der Waals surface area contributed by atoms with Crippen LogP contribution in [0.4, 0.5) is 0 Å². The standard InChI is InChI=1S/C15H20BrNO2/c1-14(2,3)19-13(18)15(8-9-17-10-15)11-4-6-12(16)7-5-11/h4-7,17H,8-10H2,1-3H3. The van der Waals surface area contributed by atoms with Crippen LogP contribution in [-0.4, -0.2) is 24.7 Å². The molecule has 4 heteroatoms. The molecule has 0 aromatic heterocycles. The Morgan fingerprint density at radius 3 is 2.42 bits per heavy atom. The number of carbonyl (C=O) groups excluding carboxylic acids is 1. The highest BCUT2D eigenvalue weighted by Crippen LogP contribution is 2.34. The van der Waals surface area contributed by atoms with Crippen molar-refractivity contribution < 1.29 is 9.53 Å². The van der Waals surface area contributed by atoms with Crippen LogP contribution >= 0.6 is 15.9 Å². The maximum absolute atomic E-state index is 12.6. The van der Waals surface area contributed by atoms with Crippen molar-refractivity contribution in [3.8, 4) is 0 Å². The number of halogens is 1. The zero-order valence-corrected chi connectivity index (χ0v) is 13.2. The normalized spacial score (nSPS) is 23.4. The molecule has 1 atom stereocenters. The summed E-state index contributed by atoms with van der Waals surface area (Å²) in [5, 5.41) is 3.28. The minimum Gasteiger partial charge on any atom is -0.459 e. The van der Waals surface area contributed by atoms with E-state index in [9.17, 15) is 4.79 Å². The molecule has 3 nitrogen and oxygen atoms in total. The van der Waals surface area contributed by atoms with E-state index >= 15 is 0 Å². The first kappa shape index (κ1) is 14.5. The van der Waals surface area contributed by atoms with E-state index in [2.05, 4.69) is 21.2 Å². The Labute approximate surface area is 122 Å². The number of benzene rings is 1. The van der Waals surface area contributed by atoms with Crippen LogP contribution < -0.4 is 5.32 Å². The molecule has 1 N–H and O–H groups in total. The van der Waals surface area contributed by atoms with E-state index in [4.69, 9.17) is 4.74 Å². The van der Waals surface area contributed by atoms with E-state index in [1.54, 1.807) is 0 Å². The molecule has 1 fully saturated rings. The highest BCUT2D eigenvalue weighted by atomic mass is 79.9. The van der Waals surface area contributed by atoms with Crippen LogP contribution in [-0.2, 0) is 14.9 Å². The van der Waals surface area contributed by atoms with Gasteiger partial charge in [0.1, 0.15) is 11.0 Å². The maximum atomic E-state index is 12.6. The van der Waals surface area contributed by atoms with Crippen LogP contribution in [0.1, 0.15) is 32.8 Å². The molecule has 0 aliphatic carbocycles. The Bertz CT molecular complexity index is 456. The lowest BCUT2D eigenvalue weighted by atomic mass is 9.79. The van der Waals surface area contributed by atoms with E-state index in [0.717, 1.165) is 23.0 Å². The summed E-state index contributed by atoms with van der Waals surface area (Å²) in [6.45, 7) is 7.20. The summed E-state index contributed by atoms with van der Waals surface area (Å²) in [6, 6.07) is 7.95. The first-order valence-electron chi connectivity index (χ1n) is 6.54. The van der Waals surface area contributed by atoms with Gasteiger partial charge in [-0.2, -0.15) is 0 Å². The van der Waals surface area contributed by atoms with Gasteiger partial charge in [0, 0.05) is 11.0 Å². The summed E-state index contributed by atoms with van der Waals surface area (Å²) in [5.74, 6) is -0.132. The summed E-state index contributed by atoms with van der Waals surface area (Å²) in [6.07, 6.45) is 0.781. The third kappa shape index (κ3) is 3.18. The average Bonchev–Trinajstić information content (AvgIpc) is 2.78. The van der Waals surface area contributed by atoms with E-state index in [-0.39, 0.29) is 5.97 Å². The number of nitrogens with one attached hydrogen (secondary N) is 1. The molecule has 2 rings (SSSR count). The second kappa shape index (κ2) is 5.25. The fraction of sp³-hybridized carbons (Fsp3) is 0.533. The second-order valence-electron chi connectivity index (χ2n) is 6.02. The van der Waals surface area contributed by atoms with Gasteiger partial charge < -0.3 is 10.1 Å². The molecule has 1 aromatic carbocycles. The number of hydrogen-bond acceptors (Lipinski definition) is 3. The lowest BCUT2D eigenvalue weighted by Crippen LogP contribution is -2.42. The van der Waals surface area contributed by atoms with Crippen LogP contribution in [0.15, 0.2) is 28.7 Å². The van der Waals surface area contributed by atoms with Gasteiger partial charge in [0.25, 0.3) is 0 Å². The lowest BCUT2D eigenvalue weighted by Gasteiger charge is -2.31. The minimum atomic E-state index is -0.548. The Hall–Kier alpha value is -0.870. The van der Waals surface area contributed by atoms with E-state index in [0.29, 0.717) is 6.54 Å². The van der Waals surface area contributed by atoms with Crippen molar-refractivity contribution in [1.29, 1.82) is 0 Å². The summed E-state index contributed by atoms with van der Waals surface area (Å²) in [4.78, 5) is 12.6. The highest BCUT2D eigenvalue weighted by Gasteiger charge is 2.45. The third-order valence-electron chi connectivity index (χ3n) is 3.34. The van der Waals surface area contributed by atoms with Crippen molar-refractivity contribution >= 4 is 21.9 Å². The number of hydrogen-bond donors (Lipinski definition) is 1. The van der Waals surface area contributed by atoms with Crippen LogP contribution in [0.3, 0.4) is 0 Å². The van der Waals surface area contributed by atoms with Gasteiger partial charge in [-0.1, -0.05) is 28.1 Å². The molecular weight excluding hydrogens is 306 g/mol. The van der Waals surface area contributed by atoms with Gasteiger partial charge in [0.05, 0.1) is 0 Å². The smallest absolute Gasteiger partial charge is 0.318 e. The quantitative estimate of drug-likeness (QED) is 0.849. The van der Waals surface area contributed by atoms with Gasteiger partial charge in [-0.15, -0.1) is 0 Å². The predicted octanol–water partition coefficient (Wildman–Crippen LogP) is 3.02. The Kier molecular flexibility index (Phi) is 4.02. The molecule has 0 bridgehead atoms. The van der Waals surface area contributed by atoms with Crippen molar-refractivity contribution in [3.05, 3.63) is 34.3 Å². The third-order valence-corrected chi connectivity index (χ3v) is 3.87. The largest absolute Gasteiger partial charge is 0.459 e. The average molecular weight is 326 g/mol. The monoisotopic (exact) mass is 325 g/mol. The van der Waals surface area contributed by atoms with Crippen LogP contribution in [0, 0.1) is 0 Å². The molecule has 0 radical (unpaired) electrons. The zero-order chi connectivity index (χ0) is 14.1. The van der Waals surface area contributed by atoms with Crippen molar-refractivity contribution in [3.63, 3.8) is 0 Å². The van der Waals surface area contributed by atoms with Gasteiger partial charge in [-0.3, -0.25) is 4.79 Å². The molecule has 1 aromatic rings. The van der Waals surface area contributed by atoms with Gasteiger partial charge in [0.2, 0.25) is 0 Å². The summed E-state index contributed by atoms with van der Waals surface area (Å²) in [7, 11) is 0. The molecule has 0 saturated carbocycles. The number of carbonyl (C=O) groups is 1. The van der Waals surface area contributed by atoms with Gasteiger partial charge in [-0.05, 0) is 51.4 Å². The first-order valence-corrected chi connectivity index (χ1v) is 7.33. The van der Waals surface area contributed by atoms with Crippen molar-refractivity contribution in [1.82, 2.24) is 5.32 Å². The van der Waals surface area contributed by atoms with E-state index in [1.165, 1.54) is 0 Å². The molecule has 0 amide bonds. The molecule has 1 unspecified atom stereocenters. The van der Waals surface area contributed by atoms with Gasteiger partial charge >= 0.3 is 5.97 Å². The molecule has 104 valence electrons. The molecule has 1 aliphatic heterocycles. The molecule has 0 spiro atoms. The maximum Gasteiger partial charge on any atom is 0.318 e. The SMILES string of the molecule is CC(C)(C)OC(=O)C1(c2ccc(Br)cc2)CCNC1. The molecule has 19 heavy (non-hydrogen) atoms. The first-order chi connectivity index (χ1) is 8.83. The van der Waals surface area contributed by atoms with Gasteiger partial charge in [0.15, 0.2) is 0 Å². The summed E-state index contributed by atoms with van der Waals surface area (Å²) < 4.78 is 6.63. The summed E-state index contributed by atoms with van der Waals surface area (Å²) in [5.41, 5.74) is 0.0192. The fourth-order valence-corrected chi connectivity index (χ4v) is 2.64. The van der Waals surface area contributed by atoms with Crippen LogP contribution in [0.2, 0.25) is 0 Å². The topological polar surface area (TPSA) is 38.3 Å². The number of rotatable bonds is 2. The molecule has 1 aliphatic rings. The van der Waals surface area contributed by atoms with Gasteiger partial charge in [-0.25, -0.2) is 0 Å². The van der Waals surface area contributed by atoms with Crippen molar-refractivity contribution in [2.45, 2.75) is 38.2 Å². The Balaban J connectivity index is 2.33.